The lowest BCUT2D eigenvalue weighted by Crippen LogP contribution is -2.40. The molecule has 86 valence electrons. The Bertz CT molecular complexity index is 392. The minimum Gasteiger partial charge on any atom is -0.255 e. The summed E-state index contributed by atoms with van der Waals surface area (Å²) in [4.78, 5) is 22.9. The second-order valence-electron chi connectivity index (χ2n) is 3.35. The van der Waals surface area contributed by atoms with E-state index in [4.69, 9.17) is 11.6 Å². The molecule has 1 rings (SSSR count). The first kappa shape index (κ1) is 12.3. The molecule has 1 aliphatic heterocycles. The van der Waals surface area contributed by atoms with E-state index in [9.17, 15) is 18.0 Å². The van der Waals surface area contributed by atoms with E-state index in [0.717, 1.165) is 0 Å². The van der Waals surface area contributed by atoms with E-state index in [-0.39, 0.29) is 13.1 Å². The van der Waals surface area contributed by atoms with Gasteiger partial charge in [0.25, 0.3) is 0 Å². The highest BCUT2D eigenvalue weighted by Gasteiger charge is 2.40. The third-order valence-electron chi connectivity index (χ3n) is 2.09. The molecule has 0 aliphatic carbocycles. The van der Waals surface area contributed by atoms with Crippen LogP contribution in [0.25, 0.3) is 0 Å². The maximum Gasteiger partial charge on any atom is 0.341 e. The lowest BCUT2D eigenvalue weighted by molar-refractivity contribution is 0.205. The molecule has 1 aliphatic rings. The highest BCUT2D eigenvalue weighted by Crippen LogP contribution is 2.18. The molecular weight excluding hydrogens is 244 g/mol. The van der Waals surface area contributed by atoms with Crippen LogP contribution in [0.5, 0.6) is 0 Å². The third kappa shape index (κ3) is 2.07. The summed E-state index contributed by atoms with van der Waals surface area (Å²) in [5.41, 5.74) is 0. The van der Waals surface area contributed by atoms with Crippen LogP contribution in [0.4, 0.5) is 9.59 Å². The van der Waals surface area contributed by atoms with Gasteiger partial charge >= 0.3 is 11.4 Å². The maximum absolute atomic E-state index is 11.6. The van der Waals surface area contributed by atoms with Crippen molar-refractivity contribution in [1.82, 2.24) is 9.21 Å². The average molecular weight is 255 g/mol. The Hall–Kier alpha value is -0.820. The van der Waals surface area contributed by atoms with Gasteiger partial charge < -0.3 is 0 Å². The van der Waals surface area contributed by atoms with Gasteiger partial charge in [-0.2, -0.15) is 0 Å². The number of sulfonamides is 1. The van der Waals surface area contributed by atoms with Crippen LogP contribution in [0.2, 0.25) is 0 Å². The molecule has 0 spiro atoms. The van der Waals surface area contributed by atoms with Crippen LogP contribution in [-0.2, 0) is 10.0 Å². The fourth-order valence-corrected chi connectivity index (χ4v) is 2.49. The van der Waals surface area contributed by atoms with Gasteiger partial charge in [-0.05, 0) is 25.4 Å². The molecule has 0 radical (unpaired) electrons. The van der Waals surface area contributed by atoms with E-state index < -0.39 is 26.7 Å². The molecular formula is C7H11ClN2O4S. The van der Waals surface area contributed by atoms with Crippen molar-refractivity contribution in [2.45, 2.75) is 19.1 Å². The van der Waals surface area contributed by atoms with Crippen LogP contribution < -0.4 is 0 Å². The summed E-state index contributed by atoms with van der Waals surface area (Å²) in [5.74, 6) is 0. The van der Waals surface area contributed by atoms with Gasteiger partial charge in [-0.1, -0.05) is 0 Å². The second-order valence-corrected chi connectivity index (χ2v) is 6.09. The van der Waals surface area contributed by atoms with E-state index in [1.807, 2.05) is 0 Å². The normalized spacial score (nSPS) is 17.7. The monoisotopic (exact) mass is 254 g/mol. The molecule has 0 N–H and O–H groups in total. The summed E-state index contributed by atoms with van der Waals surface area (Å²) in [7, 11) is -3.66. The zero-order chi connectivity index (χ0) is 11.8. The van der Waals surface area contributed by atoms with Gasteiger partial charge in [0.15, 0.2) is 0 Å². The van der Waals surface area contributed by atoms with E-state index >= 15 is 0 Å². The number of hydrogen-bond donors (Lipinski definition) is 0. The Kier molecular flexibility index (Phi) is 3.25. The van der Waals surface area contributed by atoms with Gasteiger partial charge in [0.2, 0.25) is 10.0 Å². The largest absolute Gasteiger partial charge is 0.341 e. The van der Waals surface area contributed by atoms with Crippen LogP contribution >= 0.6 is 11.6 Å². The number of rotatable bonds is 2. The predicted molar refractivity (Wildman–Crippen MR) is 54.1 cm³/mol. The molecule has 0 aromatic rings. The lowest BCUT2D eigenvalue weighted by Gasteiger charge is -2.18. The molecule has 0 aromatic heterocycles. The Balaban J connectivity index is 2.95. The van der Waals surface area contributed by atoms with Crippen LogP contribution in [0.15, 0.2) is 0 Å². The van der Waals surface area contributed by atoms with Crippen molar-refractivity contribution in [3.05, 3.63) is 0 Å². The number of amides is 3. The number of hydrogen-bond acceptors (Lipinski definition) is 4. The highest BCUT2D eigenvalue weighted by molar-refractivity contribution is 7.90. The molecule has 0 bridgehead atoms. The van der Waals surface area contributed by atoms with E-state index in [1.165, 1.54) is 13.8 Å². The van der Waals surface area contributed by atoms with Crippen LogP contribution in [0.1, 0.15) is 13.8 Å². The molecule has 0 unspecified atom stereocenters. The second kappa shape index (κ2) is 3.97. The minimum atomic E-state index is -3.66. The molecule has 1 saturated heterocycles. The zero-order valence-electron chi connectivity index (χ0n) is 8.31. The summed E-state index contributed by atoms with van der Waals surface area (Å²) in [5, 5.41) is -1.66. The molecule has 1 heterocycles. The molecule has 0 saturated carbocycles. The molecule has 1 fully saturated rings. The zero-order valence-corrected chi connectivity index (χ0v) is 9.88. The SMILES string of the molecule is CC(C)S(=O)(=O)N1CCN(C(=O)Cl)C1=O. The van der Waals surface area contributed by atoms with Gasteiger partial charge in [0, 0.05) is 0 Å². The first-order chi connectivity index (χ1) is 6.78. The lowest BCUT2D eigenvalue weighted by atomic mass is 10.6. The van der Waals surface area contributed by atoms with Gasteiger partial charge in [-0.25, -0.2) is 22.4 Å². The fourth-order valence-electron chi connectivity index (χ4n) is 1.17. The van der Waals surface area contributed by atoms with Crippen LogP contribution in [0.3, 0.4) is 0 Å². The summed E-state index contributed by atoms with van der Waals surface area (Å²) in [6, 6.07) is -0.872. The van der Waals surface area contributed by atoms with E-state index in [2.05, 4.69) is 0 Å². The quantitative estimate of drug-likeness (QED) is 0.540. The van der Waals surface area contributed by atoms with Crippen molar-refractivity contribution in [3.63, 3.8) is 0 Å². The highest BCUT2D eigenvalue weighted by atomic mass is 35.5. The van der Waals surface area contributed by atoms with Crippen molar-refractivity contribution in [2.24, 2.45) is 0 Å². The Morgan fingerprint density at radius 3 is 2.27 bits per heavy atom. The summed E-state index contributed by atoms with van der Waals surface area (Å²) >= 11 is 5.12. The number of urea groups is 1. The maximum atomic E-state index is 11.6. The molecule has 15 heavy (non-hydrogen) atoms. The van der Waals surface area contributed by atoms with Crippen molar-refractivity contribution >= 4 is 33.0 Å². The molecule has 6 nitrogen and oxygen atoms in total. The Morgan fingerprint density at radius 2 is 1.93 bits per heavy atom. The van der Waals surface area contributed by atoms with E-state index in [1.54, 1.807) is 0 Å². The summed E-state index contributed by atoms with van der Waals surface area (Å²) < 4.78 is 23.9. The topological polar surface area (TPSA) is 74.8 Å². The molecule has 0 aromatic carbocycles. The van der Waals surface area contributed by atoms with Crippen molar-refractivity contribution in [1.29, 1.82) is 0 Å². The summed E-state index contributed by atoms with van der Waals surface area (Å²) in [6.07, 6.45) is 0. The Morgan fingerprint density at radius 1 is 1.40 bits per heavy atom. The molecule has 8 heteroatoms. The minimum absolute atomic E-state index is 0.00706. The van der Waals surface area contributed by atoms with Gasteiger partial charge in [0.1, 0.15) is 0 Å². The number of halogens is 1. The molecule has 3 amide bonds. The first-order valence-corrected chi connectivity index (χ1v) is 6.19. The fraction of sp³-hybridized carbons (Fsp3) is 0.714. The smallest absolute Gasteiger partial charge is 0.255 e. The van der Waals surface area contributed by atoms with Gasteiger partial charge in [0.05, 0.1) is 18.3 Å². The number of carbonyl (C=O) groups is 2. The number of nitrogens with zero attached hydrogens (tertiary/aromatic N) is 2. The Labute approximate surface area is 92.8 Å². The van der Waals surface area contributed by atoms with Gasteiger partial charge in [-0.15, -0.1) is 0 Å². The van der Waals surface area contributed by atoms with Crippen molar-refractivity contribution in [2.75, 3.05) is 13.1 Å². The first-order valence-electron chi connectivity index (χ1n) is 4.31. The average Bonchev–Trinajstić information content (AvgIpc) is 2.46. The third-order valence-corrected chi connectivity index (χ3v) is 4.43. The van der Waals surface area contributed by atoms with Crippen molar-refractivity contribution < 1.29 is 18.0 Å². The predicted octanol–water partition coefficient (Wildman–Crippen LogP) is 0.821. The van der Waals surface area contributed by atoms with Crippen LogP contribution in [-0.4, -0.2) is 47.4 Å². The van der Waals surface area contributed by atoms with E-state index in [0.29, 0.717) is 9.21 Å². The molecule has 0 atom stereocenters. The number of carbonyl (C=O) groups excluding carboxylic acids is 2. The van der Waals surface area contributed by atoms with Gasteiger partial charge in [-0.3, -0.25) is 4.79 Å². The summed E-state index contributed by atoms with van der Waals surface area (Å²) in [6.45, 7) is 2.91. The number of imide groups is 1. The van der Waals surface area contributed by atoms with Crippen LogP contribution in [0, 0.1) is 0 Å². The van der Waals surface area contributed by atoms with Crippen molar-refractivity contribution in [3.8, 4) is 0 Å². The standard InChI is InChI=1S/C7H11ClN2O4S/c1-5(2)15(13,14)10-4-3-9(6(8)11)7(10)12/h5H,3-4H2,1-2H3.